The normalized spacial score (nSPS) is 26.0. The second kappa shape index (κ2) is 5.16. The minimum Gasteiger partial charge on any atom is -0.393 e. The molecule has 0 saturated heterocycles. The third-order valence-electron chi connectivity index (χ3n) is 4.43. The van der Waals surface area contributed by atoms with Crippen LogP contribution in [0.3, 0.4) is 0 Å². The van der Waals surface area contributed by atoms with Crippen molar-refractivity contribution in [3.63, 3.8) is 0 Å². The minimum atomic E-state index is 0.160. The molecule has 1 atom stereocenters. The lowest BCUT2D eigenvalue weighted by Crippen LogP contribution is -2.42. The lowest BCUT2D eigenvalue weighted by Gasteiger charge is -2.32. The van der Waals surface area contributed by atoms with Crippen molar-refractivity contribution in [1.82, 2.24) is 4.90 Å². The number of hydrogen-bond acceptors (Lipinski definition) is 2. The fourth-order valence-electron chi connectivity index (χ4n) is 3.07. The van der Waals surface area contributed by atoms with E-state index in [1.807, 2.05) is 0 Å². The molecule has 3 nitrogen and oxygen atoms in total. The maximum Gasteiger partial charge on any atom is 0.226 e. The lowest BCUT2D eigenvalue weighted by molar-refractivity contribution is -0.138. The summed E-state index contributed by atoms with van der Waals surface area (Å²) in [7, 11) is 0. The van der Waals surface area contributed by atoms with Crippen molar-refractivity contribution < 1.29 is 4.79 Å². The molecule has 0 aromatic rings. The highest BCUT2D eigenvalue weighted by Crippen LogP contribution is 2.44. The van der Waals surface area contributed by atoms with Gasteiger partial charge >= 0.3 is 0 Å². The summed E-state index contributed by atoms with van der Waals surface area (Å²) < 4.78 is 0. The summed E-state index contributed by atoms with van der Waals surface area (Å²) in [6.45, 7) is 5.16. The molecule has 0 aromatic carbocycles. The van der Waals surface area contributed by atoms with Gasteiger partial charge in [-0.2, -0.15) is 0 Å². The molecule has 2 N–H and O–H groups in total. The molecule has 2 saturated carbocycles. The van der Waals surface area contributed by atoms with Gasteiger partial charge in [-0.05, 0) is 31.1 Å². The SMILES string of the molecule is CC1(C)CCCC1C(=O)N(CCC(N)=S)C1CC1. The molecule has 1 unspecified atom stereocenters. The Morgan fingerprint density at radius 3 is 2.50 bits per heavy atom. The average Bonchev–Trinajstić information content (AvgIpc) is 3.02. The zero-order valence-corrected chi connectivity index (χ0v) is 12.3. The molecule has 18 heavy (non-hydrogen) atoms. The number of hydrogen-bond donors (Lipinski definition) is 1. The molecule has 0 aromatic heterocycles. The highest BCUT2D eigenvalue weighted by Gasteiger charge is 2.44. The van der Waals surface area contributed by atoms with Crippen LogP contribution < -0.4 is 5.73 Å². The predicted molar refractivity (Wildman–Crippen MR) is 77.3 cm³/mol. The molecule has 2 rings (SSSR count). The molecule has 0 radical (unpaired) electrons. The van der Waals surface area contributed by atoms with E-state index in [9.17, 15) is 4.79 Å². The molecular weight excluding hydrogens is 244 g/mol. The number of carbonyl (C=O) groups is 1. The van der Waals surface area contributed by atoms with E-state index < -0.39 is 0 Å². The molecule has 0 spiro atoms. The first kappa shape index (κ1) is 13.8. The summed E-state index contributed by atoms with van der Waals surface area (Å²) in [5.41, 5.74) is 5.72. The third kappa shape index (κ3) is 3.02. The van der Waals surface area contributed by atoms with Crippen LogP contribution in [0.25, 0.3) is 0 Å². The first-order valence-electron chi connectivity index (χ1n) is 7.00. The monoisotopic (exact) mass is 268 g/mol. The largest absolute Gasteiger partial charge is 0.393 e. The van der Waals surface area contributed by atoms with Crippen molar-refractivity contribution in [2.24, 2.45) is 17.1 Å². The minimum absolute atomic E-state index is 0.160. The first-order chi connectivity index (χ1) is 8.42. The Morgan fingerprint density at radius 1 is 1.39 bits per heavy atom. The Kier molecular flexibility index (Phi) is 3.95. The van der Waals surface area contributed by atoms with E-state index in [0.29, 0.717) is 29.9 Å². The second-order valence-electron chi connectivity index (χ2n) is 6.41. The molecule has 102 valence electrons. The quantitative estimate of drug-likeness (QED) is 0.779. The van der Waals surface area contributed by atoms with Gasteiger partial charge < -0.3 is 10.6 Å². The molecule has 2 aliphatic rings. The zero-order chi connectivity index (χ0) is 13.3. The van der Waals surface area contributed by atoms with Crippen molar-refractivity contribution in [3.05, 3.63) is 0 Å². The van der Waals surface area contributed by atoms with E-state index in [2.05, 4.69) is 18.7 Å². The topological polar surface area (TPSA) is 46.3 Å². The van der Waals surface area contributed by atoms with Gasteiger partial charge in [0.15, 0.2) is 0 Å². The van der Waals surface area contributed by atoms with Gasteiger partial charge in [0.1, 0.15) is 0 Å². The standard InChI is InChI=1S/C14H24N2OS/c1-14(2)8-3-4-11(14)13(17)16(10-5-6-10)9-7-12(15)18/h10-11H,3-9H2,1-2H3,(H2,15,18). The second-order valence-corrected chi connectivity index (χ2v) is 6.94. The van der Waals surface area contributed by atoms with Gasteiger partial charge in [-0.1, -0.05) is 32.5 Å². The third-order valence-corrected chi connectivity index (χ3v) is 4.63. The van der Waals surface area contributed by atoms with Gasteiger partial charge in [0, 0.05) is 24.9 Å². The van der Waals surface area contributed by atoms with Gasteiger partial charge in [-0.15, -0.1) is 0 Å². The molecule has 0 heterocycles. The highest BCUT2D eigenvalue weighted by atomic mass is 32.1. The maximum atomic E-state index is 12.7. The van der Waals surface area contributed by atoms with Crippen LogP contribution in [0.1, 0.15) is 52.4 Å². The van der Waals surface area contributed by atoms with Gasteiger partial charge in [0.2, 0.25) is 5.91 Å². The fraction of sp³-hybridized carbons (Fsp3) is 0.857. The van der Waals surface area contributed by atoms with E-state index in [4.69, 9.17) is 18.0 Å². The smallest absolute Gasteiger partial charge is 0.226 e. The summed E-state index contributed by atoms with van der Waals surface area (Å²) in [5.74, 6) is 0.542. The number of amides is 1. The van der Waals surface area contributed by atoms with E-state index in [0.717, 1.165) is 25.7 Å². The average molecular weight is 268 g/mol. The lowest BCUT2D eigenvalue weighted by atomic mass is 9.81. The number of thiocarbonyl (C=S) groups is 1. The fourth-order valence-corrected chi connectivity index (χ4v) is 3.17. The van der Waals surface area contributed by atoms with Crippen LogP contribution in [-0.4, -0.2) is 28.4 Å². The summed E-state index contributed by atoms with van der Waals surface area (Å²) >= 11 is 4.93. The Balaban J connectivity index is 2.01. The molecule has 0 aliphatic heterocycles. The van der Waals surface area contributed by atoms with Gasteiger partial charge in [-0.25, -0.2) is 0 Å². The van der Waals surface area contributed by atoms with Crippen molar-refractivity contribution in [3.8, 4) is 0 Å². The van der Waals surface area contributed by atoms with Crippen LogP contribution in [-0.2, 0) is 4.79 Å². The molecule has 1 amide bonds. The van der Waals surface area contributed by atoms with E-state index >= 15 is 0 Å². The number of carbonyl (C=O) groups excluding carboxylic acids is 1. The Morgan fingerprint density at radius 2 is 2.06 bits per heavy atom. The first-order valence-corrected chi connectivity index (χ1v) is 7.41. The Hall–Kier alpha value is -0.640. The summed E-state index contributed by atoms with van der Waals surface area (Å²) in [5, 5.41) is 0. The van der Waals surface area contributed by atoms with Crippen LogP contribution in [0, 0.1) is 11.3 Å². The van der Waals surface area contributed by atoms with Gasteiger partial charge in [0.05, 0.1) is 4.99 Å². The van der Waals surface area contributed by atoms with Crippen LogP contribution >= 0.6 is 12.2 Å². The van der Waals surface area contributed by atoms with Gasteiger partial charge in [0.25, 0.3) is 0 Å². The van der Waals surface area contributed by atoms with Crippen LogP contribution in [0.4, 0.5) is 0 Å². The molecule has 2 fully saturated rings. The Labute approximate surface area is 115 Å². The van der Waals surface area contributed by atoms with Crippen molar-refractivity contribution in [2.75, 3.05) is 6.54 Å². The van der Waals surface area contributed by atoms with Crippen LogP contribution in [0.5, 0.6) is 0 Å². The van der Waals surface area contributed by atoms with Crippen molar-refractivity contribution >= 4 is 23.1 Å². The summed E-state index contributed by atoms with van der Waals surface area (Å²) in [6.07, 6.45) is 6.34. The Bertz CT molecular complexity index is 350. The van der Waals surface area contributed by atoms with E-state index in [-0.39, 0.29) is 11.3 Å². The van der Waals surface area contributed by atoms with E-state index in [1.54, 1.807) is 0 Å². The predicted octanol–water partition coefficient (Wildman–Crippen LogP) is 2.48. The van der Waals surface area contributed by atoms with E-state index in [1.165, 1.54) is 6.42 Å². The highest BCUT2D eigenvalue weighted by molar-refractivity contribution is 7.80. The summed E-state index contributed by atoms with van der Waals surface area (Å²) in [6, 6.07) is 0.461. The van der Waals surface area contributed by atoms with Crippen molar-refractivity contribution in [2.45, 2.75) is 58.4 Å². The van der Waals surface area contributed by atoms with Crippen LogP contribution in [0.2, 0.25) is 0 Å². The van der Waals surface area contributed by atoms with Gasteiger partial charge in [-0.3, -0.25) is 4.79 Å². The summed E-state index contributed by atoms with van der Waals surface area (Å²) in [4.78, 5) is 15.3. The van der Waals surface area contributed by atoms with Crippen molar-refractivity contribution in [1.29, 1.82) is 0 Å². The molecule has 2 aliphatic carbocycles. The zero-order valence-electron chi connectivity index (χ0n) is 11.4. The number of rotatable bonds is 5. The maximum absolute atomic E-state index is 12.7. The van der Waals surface area contributed by atoms with Crippen LogP contribution in [0.15, 0.2) is 0 Å². The molecule has 0 bridgehead atoms. The molecule has 4 heteroatoms. The molecular formula is C14H24N2OS. The number of nitrogens with two attached hydrogens (primary N) is 1. The number of nitrogens with zero attached hydrogens (tertiary/aromatic N) is 1.